The number of nitrogens with one attached hydrogen (secondary N) is 1. The maximum Gasteiger partial charge on any atom is 0.405 e. The predicted octanol–water partition coefficient (Wildman–Crippen LogP) is 2.94. The summed E-state index contributed by atoms with van der Waals surface area (Å²) in [6, 6.07) is 5.05. The van der Waals surface area contributed by atoms with Gasteiger partial charge in [-0.25, -0.2) is 5.01 Å². The third-order valence-corrected chi connectivity index (χ3v) is 3.47. The fraction of sp³-hybridized carbons (Fsp3) is 0.462. The summed E-state index contributed by atoms with van der Waals surface area (Å²) < 4.78 is 39.2. The van der Waals surface area contributed by atoms with Gasteiger partial charge in [-0.2, -0.15) is 13.2 Å². The molecular weight excluding hydrogens is 293 g/mol. The molecule has 1 heterocycles. The molecule has 1 unspecified atom stereocenters. The summed E-state index contributed by atoms with van der Waals surface area (Å²) in [6.45, 7) is 0.0869. The Hall–Kier alpha value is -1.27. The quantitative estimate of drug-likeness (QED) is 0.927. The first-order valence-electron chi connectivity index (χ1n) is 6.23. The molecule has 3 nitrogen and oxygen atoms in total. The van der Waals surface area contributed by atoms with E-state index in [0.717, 1.165) is 10.6 Å². The van der Waals surface area contributed by atoms with E-state index >= 15 is 0 Å². The van der Waals surface area contributed by atoms with Gasteiger partial charge >= 0.3 is 6.18 Å². The second-order valence-corrected chi connectivity index (χ2v) is 5.14. The van der Waals surface area contributed by atoms with Crippen molar-refractivity contribution < 1.29 is 18.0 Å². The van der Waals surface area contributed by atoms with E-state index in [9.17, 15) is 18.0 Å². The number of carbonyl (C=O) groups excluding carboxylic acids is 1. The average molecular weight is 307 g/mol. The Bertz CT molecular complexity index is 475. The van der Waals surface area contributed by atoms with Crippen LogP contribution in [0, 0.1) is 0 Å². The van der Waals surface area contributed by atoms with E-state index in [-0.39, 0.29) is 31.7 Å². The van der Waals surface area contributed by atoms with Gasteiger partial charge in [0.2, 0.25) is 5.91 Å². The van der Waals surface area contributed by atoms with Gasteiger partial charge in [0.05, 0.1) is 0 Å². The van der Waals surface area contributed by atoms with Crippen molar-refractivity contribution in [3.63, 3.8) is 0 Å². The normalized spacial score (nSPS) is 18.1. The standard InChI is InChI=1S/C13H14ClF3N2O/c14-10-4-1-9(2-5-10)3-6-11(13(15,16)17)19-8-7-12(20)18-19/h1-2,4-5,11H,3,6-8H2,(H,18,20). The molecule has 1 aliphatic rings. The van der Waals surface area contributed by atoms with E-state index in [4.69, 9.17) is 11.6 Å². The van der Waals surface area contributed by atoms with Crippen LogP contribution in [0.2, 0.25) is 5.02 Å². The van der Waals surface area contributed by atoms with E-state index in [1.54, 1.807) is 24.3 Å². The van der Waals surface area contributed by atoms with Crippen molar-refractivity contribution >= 4 is 17.5 Å². The lowest BCUT2D eigenvalue weighted by molar-refractivity contribution is -0.189. The molecule has 0 aromatic heterocycles. The summed E-state index contributed by atoms with van der Waals surface area (Å²) in [4.78, 5) is 11.1. The summed E-state index contributed by atoms with van der Waals surface area (Å²) in [5, 5.41) is 1.53. The highest BCUT2D eigenvalue weighted by Crippen LogP contribution is 2.29. The highest BCUT2D eigenvalue weighted by Gasteiger charge is 2.45. The smallest absolute Gasteiger partial charge is 0.288 e. The molecule has 1 aromatic carbocycles. The minimum atomic E-state index is -4.37. The molecule has 1 amide bonds. The van der Waals surface area contributed by atoms with Gasteiger partial charge in [-0.3, -0.25) is 10.2 Å². The molecule has 1 atom stereocenters. The number of hydrogen-bond acceptors (Lipinski definition) is 2. The molecule has 2 rings (SSSR count). The fourth-order valence-corrected chi connectivity index (χ4v) is 2.30. The number of nitrogens with zero attached hydrogens (tertiary/aromatic N) is 1. The molecule has 1 aromatic rings. The maximum atomic E-state index is 13.1. The lowest BCUT2D eigenvalue weighted by Gasteiger charge is -2.28. The lowest BCUT2D eigenvalue weighted by Crippen LogP contribution is -2.50. The number of halogens is 4. The number of amides is 1. The van der Waals surface area contributed by atoms with Gasteiger partial charge in [0, 0.05) is 18.0 Å². The first kappa shape index (κ1) is 15.1. The Morgan fingerprint density at radius 2 is 1.95 bits per heavy atom. The molecule has 1 fully saturated rings. The van der Waals surface area contributed by atoms with Gasteiger partial charge in [-0.15, -0.1) is 0 Å². The van der Waals surface area contributed by atoms with Gasteiger partial charge in [-0.05, 0) is 30.5 Å². The van der Waals surface area contributed by atoms with Gasteiger partial charge in [0.25, 0.3) is 0 Å². The van der Waals surface area contributed by atoms with Crippen LogP contribution in [0.25, 0.3) is 0 Å². The van der Waals surface area contributed by atoms with E-state index in [2.05, 4.69) is 5.43 Å². The Morgan fingerprint density at radius 3 is 2.45 bits per heavy atom. The Labute approximate surface area is 119 Å². The second-order valence-electron chi connectivity index (χ2n) is 4.70. The van der Waals surface area contributed by atoms with Crippen molar-refractivity contribution in [3.8, 4) is 0 Å². The highest BCUT2D eigenvalue weighted by molar-refractivity contribution is 6.30. The molecular formula is C13H14ClF3N2O. The number of benzene rings is 1. The van der Waals surface area contributed by atoms with Crippen LogP contribution in [0.5, 0.6) is 0 Å². The van der Waals surface area contributed by atoms with Crippen molar-refractivity contribution in [1.29, 1.82) is 0 Å². The number of aryl methyl sites for hydroxylation is 1. The molecule has 0 bridgehead atoms. The monoisotopic (exact) mass is 306 g/mol. The van der Waals surface area contributed by atoms with Crippen LogP contribution in [-0.2, 0) is 11.2 Å². The van der Waals surface area contributed by atoms with E-state index in [1.807, 2.05) is 0 Å². The van der Waals surface area contributed by atoms with Crippen LogP contribution < -0.4 is 5.43 Å². The van der Waals surface area contributed by atoms with Crippen molar-refractivity contribution in [2.24, 2.45) is 0 Å². The zero-order valence-corrected chi connectivity index (χ0v) is 11.3. The third-order valence-electron chi connectivity index (χ3n) is 3.22. The van der Waals surface area contributed by atoms with E-state index in [0.29, 0.717) is 5.02 Å². The summed E-state index contributed by atoms with van der Waals surface area (Å²) in [6.07, 6.45) is -4.10. The minimum Gasteiger partial charge on any atom is -0.288 e. The van der Waals surface area contributed by atoms with Crippen LogP contribution in [0.3, 0.4) is 0 Å². The molecule has 0 spiro atoms. The predicted molar refractivity (Wildman–Crippen MR) is 69.1 cm³/mol. The van der Waals surface area contributed by atoms with Gasteiger partial charge in [0.1, 0.15) is 6.04 Å². The summed E-state index contributed by atoms with van der Waals surface area (Å²) >= 11 is 5.73. The lowest BCUT2D eigenvalue weighted by atomic mass is 10.0. The summed E-state index contributed by atoms with van der Waals surface area (Å²) in [5.41, 5.74) is 3.05. The van der Waals surface area contributed by atoms with Crippen molar-refractivity contribution in [1.82, 2.24) is 10.4 Å². The van der Waals surface area contributed by atoms with Gasteiger partial charge in [0.15, 0.2) is 0 Å². The topological polar surface area (TPSA) is 32.3 Å². The number of alkyl halides is 3. The van der Waals surface area contributed by atoms with E-state index in [1.165, 1.54) is 0 Å². The summed E-state index contributed by atoms with van der Waals surface area (Å²) in [5.74, 6) is -0.370. The molecule has 0 radical (unpaired) electrons. The van der Waals surface area contributed by atoms with Crippen LogP contribution in [0.15, 0.2) is 24.3 Å². The first-order valence-corrected chi connectivity index (χ1v) is 6.61. The van der Waals surface area contributed by atoms with Gasteiger partial charge in [-0.1, -0.05) is 23.7 Å². The Morgan fingerprint density at radius 1 is 1.30 bits per heavy atom. The zero-order valence-electron chi connectivity index (χ0n) is 10.6. The Kier molecular flexibility index (Phi) is 4.55. The highest BCUT2D eigenvalue weighted by atomic mass is 35.5. The maximum absolute atomic E-state index is 13.1. The largest absolute Gasteiger partial charge is 0.405 e. The van der Waals surface area contributed by atoms with Crippen LogP contribution in [0.1, 0.15) is 18.4 Å². The average Bonchev–Trinajstić information content (AvgIpc) is 2.77. The van der Waals surface area contributed by atoms with Gasteiger partial charge < -0.3 is 0 Å². The fourth-order valence-electron chi connectivity index (χ4n) is 2.18. The van der Waals surface area contributed by atoms with Crippen molar-refractivity contribution in [2.45, 2.75) is 31.5 Å². The molecule has 1 N–H and O–H groups in total. The van der Waals surface area contributed by atoms with E-state index < -0.39 is 12.2 Å². The molecule has 0 saturated carbocycles. The van der Waals surface area contributed by atoms with Crippen LogP contribution >= 0.6 is 11.6 Å². The molecule has 110 valence electrons. The second kappa shape index (κ2) is 6.01. The zero-order chi connectivity index (χ0) is 14.8. The van der Waals surface area contributed by atoms with Crippen LogP contribution in [0.4, 0.5) is 13.2 Å². The number of rotatable bonds is 4. The number of hydrogen-bond donors (Lipinski definition) is 1. The third kappa shape index (κ3) is 3.86. The number of hydrazine groups is 1. The molecule has 1 aliphatic heterocycles. The molecule has 0 aliphatic carbocycles. The molecule has 1 saturated heterocycles. The van der Waals surface area contributed by atoms with Crippen molar-refractivity contribution in [2.75, 3.05) is 6.54 Å². The first-order chi connectivity index (χ1) is 9.36. The SMILES string of the molecule is O=C1CCN(C(CCc2ccc(Cl)cc2)C(F)(F)F)N1. The Balaban J connectivity index is 2.01. The number of carbonyl (C=O) groups is 1. The minimum absolute atomic E-state index is 0.0869. The molecule has 7 heteroatoms. The summed E-state index contributed by atoms with van der Waals surface area (Å²) in [7, 11) is 0. The van der Waals surface area contributed by atoms with Crippen molar-refractivity contribution in [3.05, 3.63) is 34.9 Å². The molecule has 20 heavy (non-hydrogen) atoms. The van der Waals surface area contributed by atoms with Crippen LogP contribution in [-0.4, -0.2) is 29.7 Å².